The van der Waals surface area contributed by atoms with Crippen LogP contribution in [0.1, 0.15) is 5.56 Å². The molecule has 1 aromatic carbocycles. The van der Waals surface area contributed by atoms with Crippen LogP contribution in [0.3, 0.4) is 0 Å². The molecule has 0 bridgehead atoms. The summed E-state index contributed by atoms with van der Waals surface area (Å²) in [6.45, 7) is 0.675. The molecule has 90 valence electrons. The maximum Gasteiger partial charge on any atom is 0.224 e. The number of aromatic amines is 1. The fourth-order valence-electron chi connectivity index (χ4n) is 1.73. The monoisotopic (exact) mass is 259 g/mol. The van der Waals surface area contributed by atoms with Crippen LogP contribution < -0.4 is 5.32 Å². The lowest BCUT2D eigenvalue weighted by Crippen LogP contribution is -2.01. The van der Waals surface area contributed by atoms with Crippen molar-refractivity contribution in [2.45, 2.75) is 6.54 Å². The van der Waals surface area contributed by atoms with Crippen molar-refractivity contribution in [1.82, 2.24) is 20.2 Å². The number of hydrogen-bond acceptors (Lipinski definition) is 4. The molecular weight excluding hydrogens is 250 g/mol. The molecule has 0 fully saturated rings. The molecule has 2 N–H and O–H groups in total. The fourth-order valence-corrected chi connectivity index (χ4v) is 1.88. The second-order valence-corrected chi connectivity index (χ2v) is 4.19. The Labute approximate surface area is 108 Å². The molecule has 3 rings (SSSR count). The Bertz CT molecular complexity index is 679. The van der Waals surface area contributed by atoms with Gasteiger partial charge in [0.25, 0.3) is 0 Å². The second-order valence-electron chi connectivity index (χ2n) is 3.86. The molecule has 0 amide bonds. The van der Waals surface area contributed by atoms with Gasteiger partial charge >= 0.3 is 0 Å². The molecule has 2 heterocycles. The van der Waals surface area contributed by atoms with Crippen molar-refractivity contribution in [3.63, 3.8) is 0 Å². The summed E-state index contributed by atoms with van der Waals surface area (Å²) < 4.78 is 0. The molecular formula is C12H10ClN5. The molecule has 0 aliphatic carbocycles. The zero-order valence-corrected chi connectivity index (χ0v) is 10.1. The van der Waals surface area contributed by atoms with E-state index in [9.17, 15) is 0 Å². The SMILES string of the molecule is Clc1nccc(NCc2ccc3[nH]ncc3c2)n1. The van der Waals surface area contributed by atoms with Crippen molar-refractivity contribution in [1.29, 1.82) is 0 Å². The zero-order valence-electron chi connectivity index (χ0n) is 9.39. The number of H-pyrrole nitrogens is 1. The zero-order chi connectivity index (χ0) is 12.4. The minimum absolute atomic E-state index is 0.241. The van der Waals surface area contributed by atoms with E-state index in [1.807, 2.05) is 12.1 Å². The van der Waals surface area contributed by atoms with Crippen LogP contribution in [0.15, 0.2) is 36.7 Å². The van der Waals surface area contributed by atoms with Crippen LogP contribution in [-0.2, 0) is 6.54 Å². The Kier molecular flexibility index (Phi) is 2.82. The number of rotatable bonds is 3. The molecule has 0 spiro atoms. The van der Waals surface area contributed by atoms with Gasteiger partial charge in [0.15, 0.2) is 0 Å². The third kappa shape index (κ3) is 2.26. The summed E-state index contributed by atoms with van der Waals surface area (Å²) >= 11 is 5.72. The molecule has 5 nitrogen and oxygen atoms in total. The average Bonchev–Trinajstić information content (AvgIpc) is 2.84. The van der Waals surface area contributed by atoms with Crippen molar-refractivity contribution < 1.29 is 0 Å². The number of benzene rings is 1. The molecule has 0 saturated heterocycles. The van der Waals surface area contributed by atoms with Crippen molar-refractivity contribution in [2.24, 2.45) is 0 Å². The van der Waals surface area contributed by atoms with Crippen LogP contribution in [0.5, 0.6) is 0 Å². The van der Waals surface area contributed by atoms with E-state index in [0.29, 0.717) is 12.4 Å². The topological polar surface area (TPSA) is 66.5 Å². The van der Waals surface area contributed by atoms with Gasteiger partial charge in [0, 0.05) is 18.1 Å². The van der Waals surface area contributed by atoms with Gasteiger partial charge in [0.2, 0.25) is 5.28 Å². The smallest absolute Gasteiger partial charge is 0.224 e. The first-order valence-electron chi connectivity index (χ1n) is 5.46. The summed E-state index contributed by atoms with van der Waals surface area (Å²) in [6.07, 6.45) is 3.43. The van der Waals surface area contributed by atoms with E-state index in [0.717, 1.165) is 16.5 Å². The van der Waals surface area contributed by atoms with Gasteiger partial charge in [0.1, 0.15) is 5.82 Å². The molecule has 3 aromatic rings. The van der Waals surface area contributed by atoms with Crippen LogP contribution in [0.4, 0.5) is 5.82 Å². The highest BCUT2D eigenvalue weighted by Gasteiger charge is 2.00. The third-order valence-electron chi connectivity index (χ3n) is 2.60. The van der Waals surface area contributed by atoms with Crippen LogP contribution in [0.2, 0.25) is 5.28 Å². The molecule has 0 aliphatic rings. The highest BCUT2D eigenvalue weighted by atomic mass is 35.5. The number of anilines is 1. The molecule has 6 heteroatoms. The Morgan fingerprint density at radius 3 is 3.11 bits per heavy atom. The van der Waals surface area contributed by atoms with Gasteiger partial charge in [-0.3, -0.25) is 5.10 Å². The van der Waals surface area contributed by atoms with Crippen molar-refractivity contribution in [2.75, 3.05) is 5.32 Å². The lowest BCUT2D eigenvalue weighted by Gasteiger charge is -2.05. The van der Waals surface area contributed by atoms with Gasteiger partial charge < -0.3 is 5.32 Å². The van der Waals surface area contributed by atoms with Crippen molar-refractivity contribution >= 4 is 28.3 Å². The number of aromatic nitrogens is 4. The van der Waals surface area contributed by atoms with Gasteiger partial charge in [-0.25, -0.2) is 9.97 Å². The van der Waals surface area contributed by atoms with Gasteiger partial charge in [-0.2, -0.15) is 5.10 Å². The van der Waals surface area contributed by atoms with Gasteiger partial charge in [-0.1, -0.05) is 6.07 Å². The van der Waals surface area contributed by atoms with Gasteiger partial charge in [-0.15, -0.1) is 0 Å². The summed E-state index contributed by atoms with van der Waals surface area (Å²) in [6, 6.07) is 7.90. The predicted octanol–water partition coefficient (Wildman–Crippen LogP) is 2.62. The van der Waals surface area contributed by atoms with Crippen LogP contribution >= 0.6 is 11.6 Å². The molecule has 0 unspecified atom stereocenters. The molecule has 18 heavy (non-hydrogen) atoms. The fraction of sp³-hybridized carbons (Fsp3) is 0.0833. The second kappa shape index (κ2) is 4.62. The largest absolute Gasteiger partial charge is 0.366 e. The van der Waals surface area contributed by atoms with E-state index in [1.165, 1.54) is 0 Å². The quantitative estimate of drug-likeness (QED) is 0.710. The number of nitrogens with one attached hydrogen (secondary N) is 2. The Morgan fingerprint density at radius 1 is 1.28 bits per heavy atom. The number of fused-ring (bicyclic) bond motifs is 1. The summed E-state index contributed by atoms with van der Waals surface area (Å²) in [5.41, 5.74) is 2.18. The molecule has 2 aromatic heterocycles. The Morgan fingerprint density at radius 2 is 2.22 bits per heavy atom. The van der Waals surface area contributed by atoms with Crippen LogP contribution in [0.25, 0.3) is 10.9 Å². The maximum absolute atomic E-state index is 5.72. The summed E-state index contributed by atoms with van der Waals surface area (Å²) in [5, 5.41) is 11.4. The van der Waals surface area contributed by atoms with Crippen LogP contribution in [0, 0.1) is 0 Å². The summed E-state index contributed by atoms with van der Waals surface area (Å²) in [7, 11) is 0. The number of nitrogens with zero attached hydrogens (tertiary/aromatic N) is 3. The first-order chi connectivity index (χ1) is 8.81. The number of hydrogen-bond donors (Lipinski definition) is 2. The molecule has 0 saturated carbocycles. The maximum atomic E-state index is 5.72. The van der Waals surface area contributed by atoms with Crippen LogP contribution in [-0.4, -0.2) is 20.2 Å². The van der Waals surface area contributed by atoms with E-state index in [4.69, 9.17) is 11.6 Å². The van der Waals surface area contributed by atoms with E-state index in [2.05, 4.69) is 31.5 Å². The van der Waals surface area contributed by atoms with E-state index in [1.54, 1.807) is 18.5 Å². The minimum atomic E-state index is 0.241. The van der Waals surface area contributed by atoms with E-state index < -0.39 is 0 Å². The highest BCUT2D eigenvalue weighted by molar-refractivity contribution is 6.28. The predicted molar refractivity (Wildman–Crippen MR) is 70.5 cm³/mol. The van der Waals surface area contributed by atoms with Gasteiger partial charge in [-0.05, 0) is 35.4 Å². The Balaban J connectivity index is 1.76. The highest BCUT2D eigenvalue weighted by Crippen LogP contribution is 2.14. The summed E-state index contributed by atoms with van der Waals surface area (Å²) in [5.74, 6) is 0.710. The van der Waals surface area contributed by atoms with Crippen molar-refractivity contribution in [3.05, 3.63) is 47.5 Å². The lowest BCUT2D eigenvalue weighted by molar-refractivity contribution is 1.08. The standard InChI is InChI=1S/C12H10ClN5/c13-12-14-4-3-11(17-12)15-6-8-1-2-10-9(5-8)7-16-18-10/h1-5,7H,6H2,(H,16,18)(H,14,15,17). The average molecular weight is 260 g/mol. The molecule has 0 aliphatic heterocycles. The van der Waals surface area contributed by atoms with Gasteiger partial charge in [0.05, 0.1) is 11.7 Å². The minimum Gasteiger partial charge on any atom is -0.366 e. The molecule has 0 atom stereocenters. The normalized spacial score (nSPS) is 10.7. The number of halogens is 1. The lowest BCUT2D eigenvalue weighted by atomic mass is 10.1. The third-order valence-corrected chi connectivity index (χ3v) is 2.79. The van der Waals surface area contributed by atoms with E-state index >= 15 is 0 Å². The first-order valence-corrected chi connectivity index (χ1v) is 5.83. The van der Waals surface area contributed by atoms with E-state index in [-0.39, 0.29) is 5.28 Å². The summed E-state index contributed by atoms with van der Waals surface area (Å²) in [4.78, 5) is 7.90. The first kappa shape index (κ1) is 11.0. The van der Waals surface area contributed by atoms with Crippen molar-refractivity contribution in [3.8, 4) is 0 Å². The Hall–Kier alpha value is -2.14. The molecule has 0 radical (unpaired) electrons.